The molecule has 5 heterocycles. The molecule has 0 spiro atoms. The Morgan fingerprint density at radius 2 is 1.65 bits per heavy atom. The van der Waals surface area contributed by atoms with Crippen LogP contribution < -0.4 is 24.3 Å². The lowest BCUT2D eigenvalue weighted by Crippen LogP contribution is -2.70. The maximum Gasteiger partial charge on any atom is 0.329 e. The zero-order valence-corrected chi connectivity index (χ0v) is 38.6. The van der Waals surface area contributed by atoms with Gasteiger partial charge in [-0.05, 0) is 37.8 Å². The van der Waals surface area contributed by atoms with E-state index in [9.17, 15) is 24.8 Å². The summed E-state index contributed by atoms with van der Waals surface area (Å²) in [5.74, 6) is 0.459. The molecule has 14 heteroatoms. The van der Waals surface area contributed by atoms with Gasteiger partial charge in [0.1, 0.15) is 24.4 Å². The summed E-state index contributed by atoms with van der Waals surface area (Å²) in [5.41, 5.74) is 4.30. The number of phenolic OH excluding ortho intramolecular Hbond substituents is 1. The molecule has 2 saturated heterocycles. The highest BCUT2D eigenvalue weighted by Crippen LogP contribution is 2.64. The number of hydrogen-bond acceptors (Lipinski definition) is 13. The van der Waals surface area contributed by atoms with Crippen molar-refractivity contribution in [3.05, 3.63) is 52.1 Å². The monoisotopic (exact) mass is 886 g/mol. The first kappa shape index (κ1) is 46.5. The normalized spacial score (nSPS) is 24.6. The molecule has 342 valence electrons. The predicted octanol–water partition coefficient (Wildman–Crippen LogP) is 8.75. The number of aromatic hydroxyl groups is 1. The van der Waals surface area contributed by atoms with E-state index in [-0.39, 0.29) is 36.9 Å². The number of carbonyl (C=O) groups excluding carboxylic acids is 3. The van der Waals surface area contributed by atoms with Crippen LogP contribution >= 0.6 is 11.8 Å². The van der Waals surface area contributed by atoms with Gasteiger partial charge in [0.05, 0.1) is 30.5 Å². The van der Waals surface area contributed by atoms with Crippen LogP contribution in [0, 0.1) is 25.2 Å². The number of rotatable bonds is 19. The van der Waals surface area contributed by atoms with E-state index < -0.39 is 47.4 Å². The number of carbonyl (C=O) groups is 3. The molecule has 4 bridgehead atoms. The third-order valence-electron chi connectivity index (χ3n) is 13.7. The van der Waals surface area contributed by atoms with Crippen molar-refractivity contribution in [1.29, 1.82) is 5.26 Å². The highest BCUT2D eigenvalue weighted by molar-refractivity contribution is 7.99. The smallest absolute Gasteiger partial charge is 0.329 e. The fraction of sp³-hybridized carbons (Fsp3) is 0.633. The summed E-state index contributed by atoms with van der Waals surface area (Å²) in [6.45, 7) is 11.6. The van der Waals surface area contributed by atoms with Gasteiger partial charge < -0.3 is 34.1 Å². The topological polar surface area (TPSA) is 160 Å². The number of unbranched alkanes of at least 4 members (excludes halogenated alkanes) is 12. The molecule has 0 saturated carbocycles. The maximum atomic E-state index is 14.1. The molecular formula is C49H66N4O9S. The molecule has 0 aliphatic carbocycles. The lowest BCUT2D eigenvalue weighted by Gasteiger charge is -2.62. The lowest BCUT2D eigenvalue weighted by atomic mass is 9.71. The number of nitrogens with zero attached hydrogens (tertiary/aromatic N) is 3. The van der Waals surface area contributed by atoms with Gasteiger partial charge in [0.15, 0.2) is 23.0 Å². The molecule has 1 amide bonds. The second-order valence-electron chi connectivity index (χ2n) is 17.8. The summed E-state index contributed by atoms with van der Waals surface area (Å²) in [5, 5.41) is 25.8. The Kier molecular flexibility index (Phi) is 15.5. The summed E-state index contributed by atoms with van der Waals surface area (Å²) in [6.07, 6.45) is 18.2. The molecule has 2 aromatic rings. The second-order valence-corrected chi connectivity index (χ2v) is 19.0. The van der Waals surface area contributed by atoms with Crippen LogP contribution in [0.4, 0.5) is 0 Å². The van der Waals surface area contributed by atoms with E-state index in [1.807, 2.05) is 26.0 Å². The Labute approximate surface area is 377 Å². The average molecular weight is 887 g/mol. The summed E-state index contributed by atoms with van der Waals surface area (Å²) in [6, 6.07) is 0.858. The van der Waals surface area contributed by atoms with Gasteiger partial charge >= 0.3 is 11.9 Å². The van der Waals surface area contributed by atoms with Crippen LogP contribution in [0.3, 0.4) is 0 Å². The Hall–Kier alpha value is -4.45. The molecule has 5 aliphatic rings. The van der Waals surface area contributed by atoms with Gasteiger partial charge in [0.2, 0.25) is 12.7 Å². The number of hydrogen-bond donors (Lipinski definition) is 2. The van der Waals surface area contributed by atoms with Crippen LogP contribution in [-0.2, 0) is 25.5 Å². The van der Waals surface area contributed by atoms with Crippen molar-refractivity contribution in [1.82, 2.24) is 15.1 Å². The fourth-order valence-corrected chi connectivity index (χ4v) is 12.4. The largest absolute Gasteiger partial charge is 0.504 e. The average Bonchev–Trinajstić information content (AvgIpc) is 3.75. The summed E-state index contributed by atoms with van der Waals surface area (Å²) in [7, 11) is 1.54. The van der Waals surface area contributed by atoms with Crippen molar-refractivity contribution in [2.75, 3.05) is 32.8 Å². The Balaban J connectivity index is 1.19. The van der Waals surface area contributed by atoms with Crippen molar-refractivity contribution < 1.29 is 43.2 Å². The van der Waals surface area contributed by atoms with E-state index in [1.165, 1.54) is 83.6 Å². The van der Waals surface area contributed by atoms with Crippen LogP contribution in [0.5, 0.6) is 28.7 Å². The quantitative estimate of drug-likeness (QED) is 0.0597. The zero-order valence-electron chi connectivity index (χ0n) is 37.8. The van der Waals surface area contributed by atoms with Crippen molar-refractivity contribution >= 4 is 29.6 Å². The van der Waals surface area contributed by atoms with E-state index in [1.54, 1.807) is 0 Å². The molecule has 2 fully saturated rings. The number of ether oxygens (including phenoxy) is 5. The van der Waals surface area contributed by atoms with Gasteiger partial charge in [-0.1, -0.05) is 96.1 Å². The minimum absolute atomic E-state index is 0.0328. The van der Waals surface area contributed by atoms with Gasteiger partial charge in [0.25, 0.3) is 0 Å². The van der Waals surface area contributed by atoms with E-state index in [0.29, 0.717) is 64.6 Å². The van der Waals surface area contributed by atoms with Gasteiger partial charge in [-0.25, -0.2) is 4.79 Å². The van der Waals surface area contributed by atoms with E-state index >= 15 is 0 Å². The number of benzene rings is 2. The molecular weight excluding hydrogens is 821 g/mol. The number of fused-ring (bicyclic) bond motifs is 9. The lowest BCUT2D eigenvalue weighted by molar-refractivity contribution is -0.153. The van der Waals surface area contributed by atoms with E-state index in [2.05, 4.69) is 34.7 Å². The number of aryl methyl sites for hydroxylation is 1. The van der Waals surface area contributed by atoms with Crippen molar-refractivity contribution in [3.63, 3.8) is 0 Å². The first-order valence-corrected chi connectivity index (χ1v) is 24.3. The van der Waals surface area contributed by atoms with E-state index in [4.69, 9.17) is 23.7 Å². The van der Waals surface area contributed by atoms with Gasteiger partial charge in [-0.2, -0.15) is 5.26 Å². The van der Waals surface area contributed by atoms with Crippen LogP contribution in [0.1, 0.15) is 154 Å². The second kappa shape index (κ2) is 21.0. The predicted molar refractivity (Wildman–Crippen MR) is 241 cm³/mol. The first-order valence-electron chi connectivity index (χ1n) is 23.2. The zero-order chi connectivity index (χ0) is 44.8. The first-order chi connectivity index (χ1) is 30.6. The van der Waals surface area contributed by atoms with Crippen LogP contribution in [0.15, 0.2) is 18.7 Å². The van der Waals surface area contributed by atoms with Crippen molar-refractivity contribution in [3.8, 4) is 34.8 Å². The number of piperazine rings is 1. The number of methoxy groups -OCH3 is 1. The number of nitriles is 1. The number of cyclic esters (lactones) is 1. The minimum Gasteiger partial charge on any atom is -0.504 e. The van der Waals surface area contributed by atoms with Crippen molar-refractivity contribution in [2.24, 2.45) is 0 Å². The fourth-order valence-electron chi connectivity index (χ4n) is 10.9. The molecule has 1 unspecified atom stereocenters. The standard InChI is InChI=1S/C49H66N4O9S/c1-7-9-10-11-12-13-14-15-16-17-18-19-20-21-37(55)51-33-27-63-48-40-39(47-46(60-28-61-47)30(4)45(40)62-31(5)54)36(26-59-49(33)57)53-35(25-50)34-24-32-23-29(3)44(58-6)43(56)38(32)41(42(48)53)52(34)22-8-2/h8,23,33-36,41-42,48,56H,2,7,9-22,24,26-28H2,1,3-6H3,(H,51,55)/t33?,34-,35+,36+,41-,42-,48-/m1/s1. The Morgan fingerprint density at radius 1 is 0.984 bits per heavy atom. The van der Waals surface area contributed by atoms with Gasteiger partial charge in [-0.15, -0.1) is 18.3 Å². The SMILES string of the molecule is C=CCN1[C@@H]2Cc3cc(C)c(OC)c(O)c3[C@@H]1[C@@H]1[C@@H]3SCC(NC(=O)CCCCCCCCCCCCCCC)C(=O)OC[C@@H](c4c5c(c(C)c(OC(C)=O)c43)OCO5)N1[C@H]2C#N. The molecule has 2 aromatic carbocycles. The number of phenols is 1. The van der Waals surface area contributed by atoms with Crippen LogP contribution in [0.2, 0.25) is 0 Å². The summed E-state index contributed by atoms with van der Waals surface area (Å²) >= 11 is 1.43. The Bertz CT molecular complexity index is 2070. The molecule has 63 heavy (non-hydrogen) atoms. The number of esters is 2. The molecule has 0 aromatic heterocycles. The highest BCUT2D eigenvalue weighted by atomic mass is 32.2. The maximum absolute atomic E-state index is 14.1. The van der Waals surface area contributed by atoms with Crippen LogP contribution in [0.25, 0.3) is 0 Å². The summed E-state index contributed by atoms with van der Waals surface area (Å²) < 4.78 is 30.3. The van der Waals surface area contributed by atoms with E-state index in [0.717, 1.165) is 36.8 Å². The molecule has 7 rings (SSSR count). The van der Waals surface area contributed by atoms with Crippen LogP contribution in [-0.4, -0.2) is 89.7 Å². The molecule has 13 nitrogen and oxygen atoms in total. The Morgan fingerprint density at radius 3 is 2.29 bits per heavy atom. The number of nitrogens with one attached hydrogen (secondary N) is 1. The minimum atomic E-state index is -0.963. The highest BCUT2D eigenvalue weighted by Gasteiger charge is 2.61. The van der Waals surface area contributed by atoms with Crippen molar-refractivity contribution in [2.45, 2.75) is 166 Å². The number of amides is 1. The number of thioether (sulfide) groups is 1. The molecule has 2 N–H and O–H groups in total. The summed E-state index contributed by atoms with van der Waals surface area (Å²) in [4.78, 5) is 44.9. The third-order valence-corrected chi connectivity index (χ3v) is 15.1. The molecule has 7 atom stereocenters. The third kappa shape index (κ3) is 9.39. The molecule has 0 radical (unpaired) electrons. The van der Waals surface area contributed by atoms with Gasteiger partial charge in [0, 0.05) is 60.0 Å². The van der Waals surface area contributed by atoms with Gasteiger partial charge in [-0.3, -0.25) is 19.4 Å². The molecule has 5 aliphatic heterocycles.